The van der Waals surface area contributed by atoms with Gasteiger partial charge in [-0.3, -0.25) is 0 Å². The van der Waals surface area contributed by atoms with E-state index in [4.69, 9.17) is 16.3 Å². The number of nitrogens with one attached hydrogen (secondary N) is 2. The van der Waals surface area contributed by atoms with Gasteiger partial charge < -0.3 is 20.3 Å². The highest BCUT2D eigenvalue weighted by Gasteiger charge is 2.12. The minimum absolute atomic E-state index is 0.514. The first-order chi connectivity index (χ1) is 13.7. The third-order valence-electron chi connectivity index (χ3n) is 4.67. The summed E-state index contributed by atoms with van der Waals surface area (Å²) in [7, 11) is 1.62. The first-order valence-corrected chi connectivity index (χ1v) is 9.65. The van der Waals surface area contributed by atoms with Crippen molar-refractivity contribution in [3.8, 4) is 5.75 Å². The number of hydrogen-bond donors (Lipinski definition) is 2. The Balaban J connectivity index is 1.47. The molecule has 2 N–H and O–H groups in total. The van der Waals surface area contributed by atoms with Gasteiger partial charge in [-0.05, 0) is 61.4 Å². The molecule has 0 aliphatic carbocycles. The molecule has 0 unspecified atom stereocenters. The van der Waals surface area contributed by atoms with Crippen molar-refractivity contribution in [3.05, 3.63) is 59.8 Å². The van der Waals surface area contributed by atoms with E-state index in [-0.39, 0.29) is 0 Å². The molecule has 2 heterocycles. The normalized spacial score (nSPS) is 13.4. The third kappa shape index (κ3) is 4.28. The first kappa shape index (κ1) is 18.4. The maximum Gasteiger partial charge on any atom is 0.229 e. The van der Waals surface area contributed by atoms with Gasteiger partial charge in [0.1, 0.15) is 11.6 Å². The van der Waals surface area contributed by atoms with Crippen LogP contribution in [0.25, 0.3) is 0 Å². The minimum Gasteiger partial charge on any atom is -0.495 e. The molecule has 1 aliphatic rings. The number of aromatic nitrogens is 2. The lowest BCUT2D eigenvalue weighted by atomic mass is 10.2. The molecule has 144 valence electrons. The number of rotatable bonds is 6. The molecule has 2 aromatic carbocycles. The highest BCUT2D eigenvalue weighted by atomic mass is 35.5. The summed E-state index contributed by atoms with van der Waals surface area (Å²) < 4.78 is 5.37. The fraction of sp³-hybridized carbons (Fsp3) is 0.238. The van der Waals surface area contributed by atoms with Crippen LogP contribution in [-0.4, -0.2) is 30.2 Å². The fourth-order valence-electron chi connectivity index (χ4n) is 3.26. The van der Waals surface area contributed by atoms with Crippen LogP contribution in [0.4, 0.5) is 28.8 Å². The van der Waals surface area contributed by atoms with Crippen molar-refractivity contribution < 1.29 is 4.74 Å². The van der Waals surface area contributed by atoms with Gasteiger partial charge in [0.05, 0.1) is 12.8 Å². The molecule has 1 aromatic heterocycles. The molecule has 3 aromatic rings. The summed E-state index contributed by atoms with van der Waals surface area (Å²) in [6, 6.07) is 15.6. The van der Waals surface area contributed by atoms with Gasteiger partial charge in [-0.25, -0.2) is 4.98 Å². The Morgan fingerprint density at radius 3 is 2.54 bits per heavy atom. The van der Waals surface area contributed by atoms with Crippen LogP contribution in [0.1, 0.15) is 12.8 Å². The molecule has 6 nitrogen and oxygen atoms in total. The van der Waals surface area contributed by atoms with Crippen molar-refractivity contribution in [2.24, 2.45) is 0 Å². The number of ether oxygens (including phenoxy) is 1. The molecule has 0 radical (unpaired) electrons. The zero-order valence-electron chi connectivity index (χ0n) is 15.7. The van der Waals surface area contributed by atoms with Crippen LogP contribution in [0.15, 0.2) is 54.7 Å². The highest BCUT2D eigenvalue weighted by molar-refractivity contribution is 6.31. The van der Waals surface area contributed by atoms with Gasteiger partial charge in [0, 0.05) is 35.7 Å². The number of anilines is 5. The van der Waals surface area contributed by atoms with Crippen LogP contribution < -0.4 is 20.3 Å². The van der Waals surface area contributed by atoms with Gasteiger partial charge in [0.25, 0.3) is 0 Å². The lowest BCUT2D eigenvalue weighted by Gasteiger charge is -2.17. The van der Waals surface area contributed by atoms with E-state index in [2.05, 4.69) is 49.8 Å². The monoisotopic (exact) mass is 395 g/mol. The van der Waals surface area contributed by atoms with Gasteiger partial charge in [-0.1, -0.05) is 11.6 Å². The average molecular weight is 396 g/mol. The number of nitrogens with zero attached hydrogens (tertiary/aromatic N) is 3. The molecule has 1 fully saturated rings. The second-order valence-electron chi connectivity index (χ2n) is 6.60. The maximum absolute atomic E-state index is 6.09. The summed E-state index contributed by atoms with van der Waals surface area (Å²) in [5.74, 6) is 1.85. The summed E-state index contributed by atoms with van der Waals surface area (Å²) in [6.07, 6.45) is 4.24. The van der Waals surface area contributed by atoms with Crippen LogP contribution in [0.5, 0.6) is 5.75 Å². The lowest BCUT2D eigenvalue weighted by Crippen LogP contribution is -2.17. The Morgan fingerprint density at radius 1 is 1.00 bits per heavy atom. The predicted molar refractivity (Wildman–Crippen MR) is 114 cm³/mol. The second kappa shape index (κ2) is 8.35. The molecule has 0 atom stereocenters. The van der Waals surface area contributed by atoms with E-state index in [1.807, 2.05) is 6.07 Å². The topological polar surface area (TPSA) is 62.3 Å². The second-order valence-corrected chi connectivity index (χ2v) is 7.04. The number of hydrogen-bond acceptors (Lipinski definition) is 6. The molecule has 4 rings (SSSR count). The Hall–Kier alpha value is -2.99. The summed E-state index contributed by atoms with van der Waals surface area (Å²) in [6.45, 7) is 2.27. The van der Waals surface area contributed by atoms with Crippen molar-refractivity contribution in [3.63, 3.8) is 0 Å². The number of halogens is 1. The van der Waals surface area contributed by atoms with Gasteiger partial charge in [-0.2, -0.15) is 4.98 Å². The van der Waals surface area contributed by atoms with Crippen molar-refractivity contribution in [2.75, 3.05) is 35.7 Å². The van der Waals surface area contributed by atoms with E-state index in [1.54, 1.807) is 31.5 Å². The molecule has 0 bridgehead atoms. The number of benzene rings is 2. The molecule has 28 heavy (non-hydrogen) atoms. The van der Waals surface area contributed by atoms with Crippen molar-refractivity contribution in [1.29, 1.82) is 0 Å². The summed E-state index contributed by atoms with van der Waals surface area (Å²) in [4.78, 5) is 11.2. The summed E-state index contributed by atoms with van der Waals surface area (Å²) in [5, 5.41) is 7.10. The Bertz CT molecular complexity index is 942. The van der Waals surface area contributed by atoms with E-state index in [0.717, 1.165) is 24.5 Å². The minimum atomic E-state index is 0.514. The predicted octanol–water partition coefficient (Wildman–Crippen LogP) is 5.23. The van der Waals surface area contributed by atoms with Gasteiger partial charge in [0.2, 0.25) is 5.95 Å². The van der Waals surface area contributed by atoms with E-state index < -0.39 is 0 Å². The molecule has 0 amide bonds. The van der Waals surface area contributed by atoms with Crippen LogP contribution in [0.2, 0.25) is 5.02 Å². The quantitative estimate of drug-likeness (QED) is 0.596. The first-order valence-electron chi connectivity index (χ1n) is 9.27. The maximum atomic E-state index is 6.09. The van der Waals surface area contributed by atoms with Crippen LogP contribution in [0, 0.1) is 0 Å². The Labute approximate surface area is 169 Å². The van der Waals surface area contributed by atoms with Crippen LogP contribution >= 0.6 is 11.6 Å². The van der Waals surface area contributed by atoms with Gasteiger partial charge in [0.15, 0.2) is 0 Å². The molecule has 1 aliphatic heterocycles. The standard InChI is InChI=1S/C21H22ClN5O/c1-28-19-9-4-15(22)14-18(19)25-20-10-11-23-21(26-20)24-16-5-7-17(8-6-16)27-12-2-3-13-27/h4-11,14H,2-3,12-13H2,1H3,(H2,23,24,25,26). The van der Waals surface area contributed by atoms with Crippen LogP contribution in [0.3, 0.4) is 0 Å². The third-order valence-corrected chi connectivity index (χ3v) is 4.91. The molecular formula is C21H22ClN5O. The molecule has 7 heteroatoms. The molecular weight excluding hydrogens is 374 g/mol. The fourth-order valence-corrected chi connectivity index (χ4v) is 3.44. The van der Waals surface area contributed by atoms with E-state index in [1.165, 1.54) is 18.5 Å². The summed E-state index contributed by atoms with van der Waals surface area (Å²) in [5.41, 5.74) is 2.95. The van der Waals surface area contributed by atoms with Crippen molar-refractivity contribution >= 4 is 40.4 Å². The Morgan fingerprint density at radius 2 is 1.79 bits per heavy atom. The average Bonchev–Trinajstić information content (AvgIpc) is 3.24. The SMILES string of the molecule is COc1ccc(Cl)cc1Nc1ccnc(Nc2ccc(N3CCCC3)cc2)n1. The van der Waals surface area contributed by atoms with Crippen LogP contribution in [-0.2, 0) is 0 Å². The van der Waals surface area contributed by atoms with E-state index in [9.17, 15) is 0 Å². The van der Waals surface area contributed by atoms with E-state index >= 15 is 0 Å². The van der Waals surface area contributed by atoms with Crippen molar-refractivity contribution in [1.82, 2.24) is 9.97 Å². The molecule has 0 saturated carbocycles. The highest BCUT2D eigenvalue weighted by Crippen LogP contribution is 2.30. The van der Waals surface area contributed by atoms with Crippen molar-refractivity contribution in [2.45, 2.75) is 12.8 Å². The molecule has 1 saturated heterocycles. The zero-order valence-corrected chi connectivity index (χ0v) is 16.4. The largest absolute Gasteiger partial charge is 0.495 e. The Kier molecular flexibility index (Phi) is 5.48. The summed E-state index contributed by atoms with van der Waals surface area (Å²) >= 11 is 6.09. The van der Waals surface area contributed by atoms with Gasteiger partial charge in [-0.15, -0.1) is 0 Å². The smallest absolute Gasteiger partial charge is 0.229 e. The molecule has 0 spiro atoms. The van der Waals surface area contributed by atoms with Gasteiger partial charge >= 0.3 is 0 Å². The number of methoxy groups -OCH3 is 1. The zero-order chi connectivity index (χ0) is 19.3. The van der Waals surface area contributed by atoms with E-state index in [0.29, 0.717) is 22.5 Å². The lowest BCUT2D eigenvalue weighted by molar-refractivity contribution is 0.417.